The summed E-state index contributed by atoms with van der Waals surface area (Å²) < 4.78 is 17.6. The molecule has 0 aliphatic rings. The normalized spacial score (nSPS) is 12.1. The lowest BCUT2D eigenvalue weighted by Gasteiger charge is -2.23. The highest BCUT2D eigenvalue weighted by molar-refractivity contribution is 14.0. The Balaban J connectivity index is 0.00000441. The number of aliphatic imine (C=N–C) groups is 1. The molecule has 1 unspecified atom stereocenters. The zero-order valence-electron chi connectivity index (χ0n) is 13.3. The van der Waals surface area contributed by atoms with E-state index in [1.807, 2.05) is 11.9 Å². The van der Waals surface area contributed by atoms with Crippen molar-refractivity contribution in [2.75, 3.05) is 27.7 Å². The van der Waals surface area contributed by atoms with E-state index in [-0.39, 0.29) is 41.7 Å². The van der Waals surface area contributed by atoms with Gasteiger partial charge in [0.15, 0.2) is 5.96 Å². The van der Waals surface area contributed by atoms with Gasteiger partial charge in [0.1, 0.15) is 5.82 Å². The molecule has 0 heterocycles. The first-order chi connectivity index (χ1) is 9.97. The monoisotopic (exact) mass is 423 g/mol. The second-order valence-electron chi connectivity index (χ2n) is 4.83. The van der Waals surface area contributed by atoms with Crippen LogP contribution in [0.2, 0.25) is 0 Å². The van der Waals surface area contributed by atoms with Gasteiger partial charge in [0, 0.05) is 27.2 Å². The molecular formula is C15H23FIN3O2. The highest BCUT2D eigenvalue weighted by atomic mass is 127. The molecule has 0 saturated carbocycles. The molecule has 0 radical (unpaired) electrons. The molecule has 124 valence electrons. The second-order valence-corrected chi connectivity index (χ2v) is 4.83. The highest BCUT2D eigenvalue weighted by Gasteiger charge is 2.14. The van der Waals surface area contributed by atoms with Gasteiger partial charge in [0.05, 0.1) is 13.0 Å². The fraction of sp³-hybridized carbons (Fsp3) is 0.467. The summed E-state index contributed by atoms with van der Waals surface area (Å²) >= 11 is 0. The van der Waals surface area contributed by atoms with Crippen LogP contribution in [0.1, 0.15) is 12.5 Å². The first-order valence-corrected chi connectivity index (χ1v) is 6.72. The number of carbonyl (C=O) groups excluding carboxylic acids is 1. The average molecular weight is 423 g/mol. The highest BCUT2D eigenvalue weighted by Crippen LogP contribution is 2.06. The van der Waals surface area contributed by atoms with Crippen LogP contribution in [0.15, 0.2) is 29.3 Å². The Morgan fingerprint density at radius 2 is 2.00 bits per heavy atom. The Kier molecular flexibility index (Phi) is 9.71. The maximum Gasteiger partial charge on any atom is 0.310 e. The van der Waals surface area contributed by atoms with Gasteiger partial charge >= 0.3 is 5.97 Å². The SMILES string of the molecule is CN=C(NCC(C)C(=O)OC)N(C)Cc1ccc(F)cc1.I. The third-order valence-electron chi connectivity index (χ3n) is 3.08. The summed E-state index contributed by atoms with van der Waals surface area (Å²) in [4.78, 5) is 17.4. The van der Waals surface area contributed by atoms with Crippen LogP contribution in [0.3, 0.4) is 0 Å². The lowest BCUT2D eigenvalue weighted by molar-refractivity contribution is -0.144. The Bertz CT molecular complexity index is 494. The molecule has 1 aromatic carbocycles. The van der Waals surface area contributed by atoms with Gasteiger partial charge in [-0.15, -0.1) is 24.0 Å². The maximum absolute atomic E-state index is 12.9. The Hall–Kier alpha value is -1.38. The van der Waals surface area contributed by atoms with Crippen molar-refractivity contribution in [3.05, 3.63) is 35.6 Å². The van der Waals surface area contributed by atoms with Crippen molar-refractivity contribution < 1.29 is 13.9 Å². The van der Waals surface area contributed by atoms with Crippen LogP contribution in [-0.4, -0.2) is 44.6 Å². The van der Waals surface area contributed by atoms with E-state index < -0.39 is 0 Å². The summed E-state index contributed by atoms with van der Waals surface area (Å²) in [7, 11) is 4.92. The predicted octanol–water partition coefficient (Wildman–Crippen LogP) is 2.26. The Morgan fingerprint density at radius 1 is 1.41 bits per heavy atom. The van der Waals surface area contributed by atoms with Gasteiger partial charge in [-0.25, -0.2) is 4.39 Å². The zero-order valence-corrected chi connectivity index (χ0v) is 15.6. The van der Waals surface area contributed by atoms with Crippen molar-refractivity contribution >= 4 is 35.9 Å². The summed E-state index contributed by atoms with van der Waals surface area (Å²) in [5.41, 5.74) is 0.975. The van der Waals surface area contributed by atoms with Crippen molar-refractivity contribution in [1.82, 2.24) is 10.2 Å². The number of halogens is 2. The molecule has 0 spiro atoms. The lowest BCUT2D eigenvalue weighted by atomic mass is 10.2. The first-order valence-electron chi connectivity index (χ1n) is 6.72. The van der Waals surface area contributed by atoms with Crippen LogP contribution in [0.5, 0.6) is 0 Å². The number of benzene rings is 1. The van der Waals surface area contributed by atoms with E-state index in [1.165, 1.54) is 19.2 Å². The quantitative estimate of drug-likeness (QED) is 0.342. The number of hydrogen-bond donors (Lipinski definition) is 1. The van der Waals surface area contributed by atoms with Crippen molar-refractivity contribution in [2.24, 2.45) is 10.9 Å². The third-order valence-corrected chi connectivity index (χ3v) is 3.08. The third kappa shape index (κ3) is 6.59. The summed E-state index contributed by atoms with van der Waals surface area (Å²) in [6.07, 6.45) is 0. The van der Waals surface area contributed by atoms with Crippen molar-refractivity contribution in [3.8, 4) is 0 Å². The number of nitrogens with one attached hydrogen (secondary N) is 1. The van der Waals surface area contributed by atoms with Gasteiger partial charge in [-0.1, -0.05) is 19.1 Å². The largest absolute Gasteiger partial charge is 0.469 e. The van der Waals surface area contributed by atoms with Gasteiger partial charge in [0.2, 0.25) is 0 Å². The van der Waals surface area contributed by atoms with Crippen LogP contribution in [0.25, 0.3) is 0 Å². The van der Waals surface area contributed by atoms with E-state index in [4.69, 9.17) is 0 Å². The van der Waals surface area contributed by atoms with Crippen LogP contribution >= 0.6 is 24.0 Å². The predicted molar refractivity (Wildman–Crippen MR) is 95.8 cm³/mol. The van der Waals surface area contributed by atoms with Gasteiger partial charge < -0.3 is 15.0 Å². The molecule has 1 rings (SSSR count). The number of esters is 1. The number of carbonyl (C=O) groups is 1. The summed E-state index contributed by atoms with van der Waals surface area (Å²) in [6.45, 7) is 2.81. The van der Waals surface area contributed by atoms with Crippen LogP contribution in [-0.2, 0) is 16.1 Å². The van der Waals surface area contributed by atoms with E-state index >= 15 is 0 Å². The van der Waals surface area contributed by atoms with Crippen molar-refractivity contribution in [3.63, 3.8) is 0 Å². The fourth-order valence-corrected chi connectivity index (χ4v) is 1.85. The topological polar surface area (TPSA) is 53.9 Å². The number of rotatable bonds is 5. The Morgan fingerprint density at radius 3 is 2.50 bits per heavy atom. The summed E-state index contributed by atoms with van der Waals surface area (Å²) in [5, 5.41) is 3.12. The molecule has 1 aromatic rings. The molecule has 1 N–H and O–H groups in total. The van der Waals surface area contributed by atoms with E-state index in [9.17, 15) is 9.18 Å². The Labute approximate surface area is 148 Å². The minimum absolute atomic E-state index is 0. The molecule has 5 nitrogen and oxygen atoms in total. The minimum Gasteiger partial charge on any atom is -0.469 e. The van der Waals surface area contributed by atoms with E-state index in [0.29, 0.717) is 19.0 Å². The molecule has 0 amide bonds. The molecule has 0 aliphatic heterocycles. The lowest BCUT2D eigenvalue weighted by Crippen LogP contribution is -2.41. The fourth-order valence-electron chi connectivity index (χ4n) is 1.85. The minimum atomic E-state index is -0.265. The van der Waals surface area contributed by atoms with Gasteiger partial charge in [0.25, 0.3) is 0 Å². The number of ether oxygens (including phenoxy) is 1. The first kappa shape index (κ1) is 20.6. The molecule has 0 fully saturated rings. The molecule has 0 aromatic heterocycles. The van der Waals surface area contributed by atoms with E-state index in [2.05, 4.69) is 15.0 Å². The molecule has 0 bridgehead atoms. The van der Waals surface area contributed by atoms with Crippen LogP contribution in [0, 0.1) is 11.7 Å². The van der Waals surface area contributed by atoms with Crippen molar-refractivity contribution in [1.29, 1.82) is 0 Å². The number of nitrogens with zero attached hydrogens (tertiary/aromatic N) is 2. The van der Waals surface area contributed by atoms with Crippen molar-refractivity contribution in [2.45, 2.75) is 13.5 Å². The van der Waals surface area contributed by atoms with Crippen LogP contribution in [0.4, 0.5) is 4.39 Å². The summed E-state index contributed by atoms with van der Waals surface area (Å²) in [6, 6.07) is 6.32. The molecule has 22 heavy (non-hydrogen) atoms. The smallest absolute Gasteiger partial charge is 0.310 e. The van der Waals surface area contributed by atoms with Gasteiger partial charge in [-0.3, -0.25) is 9.79 Å². The molecule has 7 heteroatoms. The number of guanidine groups is 1. The van der Waals surface area contributed by atoms with E-state index in [1.54, 1.807) is 26.1 Å². The van der Waals surface area contributed by atoms with Gasteiger partial charge in [-0.2, -0.15) is 0 Å². The standard InChI is InChI=1S/C15H22FN3O2.HI/c1-11(14(20)21-4)9-18-15(17-2)19(3)10-12-5-7-13(16)8-6-12;/h5-8,11H,9-10H2,1-4H3,(H,17,18);1H. The number of hydrogen-bond acceptors (Lipinski definition) is 3. The maximum atomic E-state index is 12.9. The molecular weight excluding hydrogens is 400 g/mol. The average Bonchev–Trinajstić information content (AvgIpc) is 2.49. The van der Waals surface area contributed by atoms with Crippen LogP contribution < -0.4 is 5.32 Å². The molecule has 0 aliphatic carbocycles. The zero-order chi connectivity index (χ0) is 15.8. The van der Waals surface area contributed by atoms with Gasteiger partial charge in [-0.05, 0) is 17.7 Å². The number of methoxy groups -OCH3 is 1. The molecule has 0 saturated heterocycles. The summed E-state index contributed by atoms with van der Waals surface area (Å²) in [5.74, 6) is -0.115. The van der Waals surface area contributed by atoms with E-state index in [0.717, 1.165) is 5.56 Å². The second kappa shape index (κ2) is 10.4. The molecule has 1 atom stereocenters.